The molecule has 3 aromatic heterocycles. The number of ether oxygens (including phenoxy) is 2. The van der Waals surface area contributed by atoms with Crippen LogP contribution in [0.2, 0.25) is 10.0 Å². The molecule has 3 N–H and O–H groups in total. The van der Waals surface area contributed by atoms with Gasteiger partial charge in [-0.2, -0.15) is 10.2 Å². The van der Waals surface area contributed by atoms with Crippen LogP contribution in [0.4, 0.5) is 25.0 Å². The van der Waals surface area contributed by atoms with Crippen LogP contribution in [0, 0.1) is 4.77 Å². The summed E-state index contributed by atoms with van der Waals surface area (Å²) in [6.45, 7) is 6.94. The molecule has 7 aromatic rings. The zero-order valence-electron chi connectivity index (χ0n) is 40.3. The molecule has 1 saturated carbocycles. The molecular formula is C51H54Cl3F2N9O6S. The number of amides is 2. The summed E-state index contributed by atoms with van der Waals surface area (Å²) in [4.78, 5) is 32.9. The quantitative estimate of drug-likeness (QED) is 0.0542. The third-order valence-corrected chi connectivity index (χ3v) is 14.1. The molecule has 1 fully saturated rings. The van der Waals surface area contributed by atoms with Crippen LogP contribution in [-0.4, -0.2) is 76.1 Å². The molecule has 15 nitrogen and oxygen atoms in total. The first-order chi connectivity index (χ1) is 34.3. The van der Waals surface area contributed by atoms with Crippen LogP contribution in [0.25, 0.3) is 5.69 Å². The number of aliphatic hydroxyl groups is 1. The smallest absolute Gasteiger partial charge is 0.438 e. The zero-order chi connectivity index (χ0) is 52.0. The highest BCUT2D eigenvalue weighted by Crippen LogP contribution is 2.53. The van der Waals surface area contributed by atoms with E-state index < -0.39 is 34.6 Å². The summed E-state index contributed by atoms with van der Waals surface area (Å²) in [5.74, 6) is 0.195. The Morgan fingerprint density at radius 1 is 0.986 bits per heavy atom. The lowest BCUT2D eigenvalue weighted by Crippen LogP contribution is -2.47. The summed E-state index contributed by atoms with van der Waals surface area (Å²) in [5.41, 5.74) is 4.33. The average molecular weight is 1070 g/mol. The second-order valence-electron chi connectivity index (χ2n) is 18.1. The number of H-pyrrole nitrogens is 1. The first-order valence-corrected chi connectivity index (χ1v) is 24.3. The van der Waals surface area contributed by atoms with Crippen molar-refractivity contribution < 1.29 is 37.8 Å². The topological polar surface area (TPSA) is 167 Å². The number of anilines is 2. The van der Waals surface area contributed by atoms with Crippen LogP contribution in [0.15, 0.2) is 116 Å². The number of rotatable bonds is 14. The zero-order valence-corrected chi connectivity index (χ0v) is 43.4. The molecule has 3 heterocycles. The van der Waals surface area contributed by atoms with E-state index in [9.17, 15) is 23.5 Å². The van der Waals surface area contributed by atoms with E-state index in [0.717, 1.165) is 46.7 Å². The number of methoxy groups -OCH3 is 1. The monoisotopic (exact) mass is 1060 g/mol. The Kier molecular flexibility index (Phi) is 16.9. The number of benzene rings is 4. The first kappa shape index (κ1) is 53.6. The predicted octanol–water partition coefficient (Wildman–Crippen LogP) is 12.0. The Labute approximate surface area is 435 Å². The van der Waals surface area contributed by atoms with Crippen LogP contribution in [0.5, 0.6) is 5.88 Å². The number of nitrogens with zero attached hydrogens (tertiary/aromatic N) is 7. The Hall–Kier alpha value is -6.15. The third kappa shape index (κ3) is 12.4. The second-order valence-corrected chi connectivity index (χ2v) is 20.0. The number of aromatic amines is 1. The molecule has 0 bridgehead atoms. The lowest BCUT2D eigenvalue weighted by molar-refractivity contribution is 0.00727. The molecule has 72 heavy (non-hydrogen) atoms. The summed E-state index contributed by atoms with van der Waals surface area (Å²) < 4.78 is 41.6. The van der Waals surface area contributed by atoms with E-state index in [1.54, 1.807) is 45.9 Å². The molecule has 2 unspecified atom stereocenters. The van der Waals surface area contributed by atoms with E-state index in [1.165, 1.54) is 44.0 Å². The summed E-state index contributed by atoms with van der Waals surface area (Å²) in [6, 6.07) is 29.6. The molecule has 9 rings (SSSR count). The lowest BCUT2D eigenvalue weighted by Gasteiger charge is -2.33. The number of alkyl halides is 3. The highest BCUT2D eigenvalue weighted by molar-refractivity contribution is 7.71. The van der Waals surface area contributed by atoms with Gasteiger partial charge in [0.2, 0.25) is 10.7 Å². The number of carbonyl (C=O) groups is 2. The van der Waals surface area contributed by atoms with E-state index in [4.69, 9.17) is 61.3 Å². The van der Waals surface area contributed by atoms with Crippen LogP contribution in [-0.2, 0) is 41.6 Å². The van der Waals surface area contributed by atoms with Crippen molar-refractivity contribution in [2.45, 2.75) is 87.8 Å². The van der Waals surface area contributed by atoms with E-state index in [-0.39, 0.29) is 24.1 Å². The largest absolute Gasteiger partial charge is 0.472 e. The summed E-state index contributed by atoms with van der Waals surface area (Å²) in [5, 5.41) is 27.3. The van der Waals surface area contributed by atoms with Crippen molar-refractivity contribution in [2.24, 2.45) is 7.05 Å². The molecule has 0 radical (unpaired) electrons. The Morgan fingerprint density at radius 3 is 2.32 bits per heavy atom. The second kappa shape index (κ2) is 22.7. The molecule has 380 valence electrons. The highest BCUT2D eigenvalue weighted by atomic mass is 35.5. The van der Waals surface area contributed by atoms with Gasteiger partial charge in [0.1, 0.15) is 24.2 Å². The maximum absolute atomic E-state index is 13.1. The number of carbonyl (C=O) groups excluding carboxylic acids is 2. The number of aromatic nitrogens is 7. The summed E-state index contributed by atoms with van der Waals surface area (Å²) in [7, 11) is 4.20. The van der Waals surface area contributed by atoms with Gasteiger partial charge in [0, 0.05) is 53.2 Å². The third-order valence-electron chi connectivity index (χ3n) is 12.5. The minimum Gasteiger partial charge on any atom is -0.472 e. The van der Waals surface area contributed by atoms with Crippen molar-refractivity contribution in [2.75, 3.05) is 24.6 Å². The molecule has 0 aliphatic heterocycles. The fourth-order valence-corrected chi connectivity index (χ4v) is 9.52. The fourth-order valence-electron chi connectivity index (χ4n) is 8.80. The molecule has 0 saturated heterocycles. The number of para-hydroxylation sites is 1. The lowest BCUT2D eigenvalue weighted by atomic mass is 9.86. The molecule has 2 atom stereocenters. The minimum atomic E-state index is -2.79. The van der Waals surface area contributed by atoms with Gasteiger partial charge in [0.05, 0.1) is 42.6 Å². The van der Waals surface area contributed by atoms with Gasteiger partial charge >= 0.3 is 6.09 Å². The van der Waals surface area contributed by atoms with Gasteiger partial charge in [-0.3, -0.25) is 24.1 Å². The molecule has 2 aliphatic carbocycles. The van der Waals surface area contributed by atoms with Gasteiger partial charge < -0.3 is 19.9 Å². The molecule has 0 spiro atoms. The Bertz CT molecular complexity index is 3070. The molecule has 4 aromatic carbocycles. The highest BCUT2D eigenvalue weighted by Gasteiger charge is 2.58. The summed E-state index contributed by atoms with van der Waals surface area (Å²) in [6.07, 6.45) is 4.12. The number of halogens is 5. The number of hydrogen-bond acceptors (Lipinski definition) is 10. The molecule has 2 amide bonds. The van der Waals surface area contributed by atoms with Crippen molar-refractivity contribution in [3.8, 4) is 11.6 Å². The Morgan fingerprint density at radius 2 is 1.68 bits per heavy atom. The van der Waals surface area contributed by atoms with Crippen LogP contribution >= 0.6 is 47.0 Å². The normalized spacial score (nSPS) is 15.8. The van der Waals surface area contributed by atoms with Gasteiger partial charge in [-0.25, -0.2) is 23.2 Å². The first-order valence-electron chi connectivity index (χ1n) is 22.7. The van der Waals surface area contributed by atoms with Crippen molar-refractivity contribution >= 4 is 70.4 Å². The van der Waals surface area contributed by atoms with Crippen LogP contribution in [0.1, 0.15) is 90.7 Å². The van der Waals surface area contributed by atoms with E-state index in [0.29, 0.717) is 44.4 Å². The van der Waals surface area contributed by atoms with Crippen LogP contribution < -0.4 is 15.1 Å². The number of aryl methyl sites for hydroxylation is 1. The number of hydroxylamine groups is 1. The van der Waals surface area contributed by atoms with Crippen molar-refractivity contribution in [3.63, 3.8) is 0 Å². The predicted molar refractivity (Wildman–Crippen MR) is 275 cm³/mol. The average Bonchev–Trinajstić information content (AvgIpc) is 3.66. The van der Waals surface area contributed by atoms with E-state index in [2.05, 4.69) is 52.4 Å². The molecular weight excluding hydrogens is 1010 g/mol. The van der Waals surface area contributed by atoms with Gasteiger partial charge in [0.25, 0.3) is 12.3 Å². The van der Waals surface area contributed by atoms with Crippen molar-refractivity contribution in [1.29, 1.82) is 0 Å². The van der Waals surface area contributed by atoms with E-state index in [1.807, 2.05) is 60.7 Å². The number of nitrogens with one attached hydrogen (secondary N) is 2. The molecule has 21 heteroatoms. The molecule has 2 aliphatic rings. The fraction of sp³-hybridized carbons (Fsp3) is 0.333. The van der Waals surface area contributed by atoms with Crippen molar-refractivity contribution in [3.05, 3.63) is 164 Å². The van der Waals surface area contributed by atoms with Gasteiger partial charge in [0.15, 0.2) is 0 Å². The van der Waals surface area contributed by atoms with Crippen molar-refractivity contribution in [1.82, 2.24) is 34.3 Å². The Balaban J connectivity index is 0.000000160. The maximum atomic E-state index is 13.1. The van der Waals surface area contributed by atoms with Gasteiger partial charge in [-0.1, -0.05) is 92.5 Å². The van der Waals surface area contributed by atoms with Gasteiger partial charge in [-0.05, 0) is 102 Å². The van der Waals surface area contributed by atoms with Gasteiger partial charge in [-0.15, -0.1) is 16.7 Å². The maximum Gasteiger partial charge on any atom is 0.438 e. The number of hydrogen-bond donors (Lipinski definition) is 3. The van der Waals surface area contributed by atoms with E-state index >= 15 is 0 Å². The SMILES string of the molecule is CC1CC(C)(C)c2cccc(NC(=O)c3cn(C)nc3C(F)F)c21.COC(=O)N(OC)c1ccccc1COc1ccn(-c2ccc(Cl)cc2)n1.OC(Cc1ccccc1Cl)(Cn1[nH]cnc1=S)C1(Cl)CC1. The van der Waals surface area contributed by atoms with Crippen LogP contribution in [0.3, 0.4) is 0 Å². The number of fused-ring (bicyclic) bond motifs is 1. The summed E-state index contributed by atoms with van der Waals surface area (Å²) >= 11 is 23.8. The minimum absolute atomic E-state index is 0.0396. The standard InChI is InChI=1S/C19H18ClN3O4.C18H21F2N3O.C14H15Cl2N3OS/c1-25-19(24)23(26-2)17-6-4-3-5-14(17)13-27-18-11-12-22(21-18)16-9-7-15(20)8-10-16;1-10-8-18(2,3)12-6-5-7-13(14(10)12)21-17(24)11-9-23(4)22-15(11)16(19)20;15-11-4-2-1-3-10(11)7-14(20,13(16)5-6-13)8-19-12(21)17-9-18-19/h3-12H,13H2,1-2H3;5-7,9-10,16H,8H2,1-4H3,(H,21,24);1-4,9,20H,5-8H2,(H,17,18,21).